The summed E-state index contributed by atoms with van der Waals surface area (Å²) in [6, 6.07) is 0. The van der Waals surface area contributed by atoms with E-state index < -0.39 is 0 Å². The van der Waals surface area contributed by atoms with Crippen molar-refractivity contribution < 1.29 is 4.79 Å². The van der Waals surface area contributed by atoms with Crippen molar-refractivity contribution in [1.29, 1.82) is 0 Å². The number of aryl methyl sites for hydroxylation is 2. The molecule has 1 aromatic heterocycles. The second-order valence-corrected chi connectivity index (χ2v) is 2.92. The van der Waals surface area contributed by atoms with Gasteiger partial charge in [0.25, 0.3) is 0 Å². The van der Waals surface area contributed by atoms with E-state index in [4.69, 9.17) is 0 Å². The van der Waals surface area contributed by atoms with E-state index in [0.717, 1.165) is 5.56 Å². The first kappa shape index (κ1) is 8.97. The quantitative estimate of drug-likeness (QED) is 0.680. The number of Topliss-reactive ketones (excluding diaryl/α,β-unsaturated/α-hetero) is 1. The van der Waals surface area contributed by atoms with Crippen LogP contribution in [0.25, 0.3) is 0 Å². The van der Waals surface area contributed by atoms with Gasteiger partial charge in [-0.25, -0.2) is 0 Å². The molecule has 0 N–H and O–H groups in total. The van der Waals surface area contributed by atoms with Crippen molar-refractivity contribution in [2.75, 3.05) is 0 Å². The van der Waals surface area contributed by atoms with E-state index in [2.05, 4.69) is 5.10 Å². The number of rotatable bonds is 4. The smallest absolute Gasteiger partial charge is 0.134 e. The van der Waals surface area contributed by atoms with Crippen LogP contribution in [-0.4, -0.2) is 15.6 Å². The zero-order valence-corrected chi connectivity index (χ0v) is 7.58. The molecule has 0 spiro atoms. The van der Waals surface area contributed by atoms with Gasteiger partial charge in [-0.05, 0) is 12.5 Å². The topological polar surface area (TPSA) is 34.9 Å². The third-order valence-corrected chi connectivity index (χ3v) is 1.78. The molecule has 0 aromatic carbocycles. The minimum absolute atomic E-state index is 0.295. The van der Waals surface area contributed by atoms with Gasteiger partial charge in [0.05, 0.1) is 6.20 Å². The standard InChI is InChI=1S/C9H14N2O/c1-3-9(12)4-5-11-7-8(2)6-10-11/h6-7H,3-5H2,1-2H3. The molecule has 0 aliphatic heterocycles. The van der Waals surface area contributed by atoms with Gasteiger partial charge in [0.15, 0.2) is 0 Å². The molecule has 3 heteroatoms. The van der Waals surface area contributed by atoms with E-state index in [0.29, 0.717) is 25.2 Å². The zero-order chi connectivity index (χ0) is 8.97. The van der Waals surface area contributed by atoms with Gasteiger partial charge >= 0.3 is 0 Å². The van der Waals surface area contributed by atoms with Crippen molar-refractivity contribution in [2.24, 2.45) is 0 Å². The summed E-state index contributed by atoms with van der Waals surface area (Å²) in [5.41, 5.74) is 1.14. The van der Waals surface area contributed by atoms with Crippen molar-refractivity contribution in [3.8, 4) is 0 Å². The van der Waals surface area contributed by atoms with Crippen LogP contribution in [0.15, 0.2) is 12.4 Å². The lowest BCUT2D eigenvalue weighted by atomic mass is 10.2. The number of aromatic nitrogens is 2. The van der Waals surface area contributed by atoms with E-state index in [-0.39, 0.29) is 0 Å². The van der Waals surface area contributed by atoms with Gasteiger partial charge in [0, 0.05) is 25.6 Å². The van der Waals surface area contributed by atoms with Crippen molar-refractivity contribution in [2.45, 2.75) is 33.2 Å². The molecule has 0 saturated heterocycles. The number of hydrogen-bond donors (Lipinski definition) is 0. The van der Waals surface area contributed by atoms with Crippen molar-refractivity contribution >= 4 is 5.78 Å². The van der Waals surface area contributed by atoms with Crippen LogP contribution in [0.4, 0.5) is 0 Å². The first-order chi connectivity index (χ1) is 5.72. The molecule has 0 aliphatic carbocycles. The maximum Gasteiger partial charge on any atom is 0.134 e. The third kappa shape index (κ3) is 2.49. The normalized spacial score (nSPS) is 10.2. The fraction of sp³-hybridized carbons (Fsp3) is 0.556. The highest BCUT2D eigenvalue weighted by atomic mass is 16.1. The van der Waals surface area contributed by atoms with Gasteiger partial charge in [0.1, 0.15) is 5.78 Å². The molecule has 3 nitrogen and oxygen atoms in total. The number of carbonyl (C=O) groups is 1. The highest BCUT2D eigenvalue weighted by Gasteiger charge is 1.99. The van der Waals surface area contributed by atoms with Crippen molar-refractivity contribution in [3.63, 3.8) is 0 Å². The van der Waals surface area contributed by atoms with Crippen LogP contribution >= 0.6 is 0 Å². The van der Waals surface area contributed by atoms with Gasteiger partial charge in [-0.3, -0.25) is 9.48 Å². The van der Waals surface area contributed by atoms with Gasteiger partial charge < -0.3 is 0 Å². The second-order valence-electron chi connectivity index (χ2n) is 2.92. The first-order valence-electron chi connectivity index (χ1n) is 4.23. The lowest BCUT2D eigenvalue weighted by Gasteiger charge is -1.98. The molecule has 66 valence electrons. The fourth-order valence-electron chi connectivity index (χ4n) is 1.01. The Morgan fingerprint density at radius 2 is 2.42 bits per heavy atom. The zero-order valence-electron chi connectivity index (χ0n) is 7.58. The van der Waals surface area contributed by atoms with Crippen LogP contribution in [0.1, 0.15) is 25.3 Å². The Labute approximate surface area is 72.4 Å². The van der Waals surface area contributed by atoms with Crippen LogP contribution in [-0.2, 0) is 11.3 Å². The average molecular weight is 166 g/mol. The molecule has 12 heavy (non-hydrogen) atoms. The van der Waals surface area contributed by atoms with E-state index in [1.807, 2.05) is 24.7 Å². The summed E-state index contributed by atoms with van der Waals surface area (Å²) in [6.07, 6.45) is 4.97. The fourth-order valence-corrected chi connectivity index (χ4v) is 1.01. The van der Waals surface area contributed by atoms with Crippen LogP contribution in [0, 0.1) is 6.92 Å². The maximum absolute atomic E-state index is 11.0. The molecule has 0 aliphatic rings. The molecule has 0 fully saturated rings. The largest absolute Gasteiger partial charge is 0.300 e. The lowest BCUT2D eigenvalue weighted by molar-refractivity contribution is -0.119. The first-order valence-corrected chi connectivity index (χ1v) is 4.23. The molecule has 0 amide bonds. The summed E-state index contributed by atoms with van der Waals surface area (Å²) >= 11 is 0. The summed E-state index contributed by atoms with van der Waals surface area (Å²) in [7, 11) is 0. The van der Waals surface area contributed by atoms with Crippen LogP contribution in [0.2, 0.25) is 0 Å². The summed E-state index contributed by atoms with van der Waals surface area (Å²) in [5.74, 6) is 0.295. The van der Waals surface area contributed by atoms with Crippen molar-refractivity contribution in [1.82, 2.24) is 9.78 Å². The van der Waals surface area contributed by atoms with Gasteiger partial charge in [0.2, 0.25) is 0 Å². The minimum atomic E-state index is 0.295. The Morgan fingerprint density at radius 3 is 2.92 bits per heavy atom. The summed E-state index contributed by atoms with van der Waals surface area (Å²) in [5, 5.41) is 4.09. The van der Waals surface area contributed by atoms with E-state index in [1.54, 1.807) is 6.20 Å². The highest BCUT2D eigenvalue weighted by Crippen LogP contribution is 1.97. The molecule has 0 atom stereocenters. The van der Waals surface area contributed by atoms with Crippen LogP contribution < -0.4 is 0 Å². The minimum Gasteiger partial charge on any atom is -0.300 e. The van der Waals surface area contributed by atoms with E-state index in [9.17, 15) is 4.79 Å². The Balaban J connectivity index is 2.38. The highest BCUT2D eigenvalue weighted by molar-refractivity contribution is 5.77. The molecule has 1 heterocycles. The lowest BCUT2D eigenvalue weighted by Crippen LogP contribution is -2.04. The average Bonchev–Trinajstić information content (AvgIpc) is 2.47. The van der Waals surface area contributed by atoms with Crippen LogP contribution in [0.3, 0.4) is 0 Å². The predicted octanol–water partition coefficient (Wildman–Crippen LogP) is 1.56. The molecule has 0 saturated carbocycles. The molecular formula is C9H14N2O. The van der Waals surface area contributed by atoms with E-state index in [1.165, 1.54) is 0 Å². The second kappa shape index (κ2) is 4.04. The molecule has 0 radical (unpaired) electrons. The third-order valence-electron chi connectivity index (χ3n) is 1.78. The molecule has 0 unspecified atom stereocenters. The van der Waals surface area contributed by atoms with Gasteiger partial charge in [-0.15, -0.1) is 0 Å². The Hall–Kier alpha value is -1.12. The van der Waals surface area contributed by atoms with Gasteiger partial charge in [-0.1, -0.05) is 6.92 Å². The van der Waals surface area contributed by atoms with Gasteiger partial charge in [-0.2, -0.15) is 5.10 Å². The monoisotopic (exact) mass is 166 g/mol. The Kier molecular flexibility index (Phi) is 3.02. The SMILES string of the molecule is CCC(=O)CCn1cc(C)cn1. The predicted molar refractivity (Wildman–Crippen MR) is 46.9 cm³/mol. The molecule has 1 aromatic rings. The molecule has 0 bridgehead atoms. The Morgan fingerprint density at radius 1 is 1.67 bits per heavy atom. The van der Waals surface area contributed by atoms with E-state index >= 15 is 0 Å². The Bertz CT molecular complexity index is 265. The van der Waals surface area contributed by atoms with Crippen molar-refractivity contribution in [3.05, 3.63) is 18.0 Å². The number of hydrogen-bond acceptors (Lipinski definition) is 2. The summed E-state index contributed by atoms with van der Waals surface area (Å²) < 4.78 is 1.81. The number of nitrogens with zero attached hydrogens (tertiary/aromatic N) is 2. The molecular weight excluding hydrogens is 152 g/mol. The summed E-state index contributed by atoms with van der Waals surface area (Å²) in [4.78, 5) is 11.0. The maximum atomic E-state index is 11.0. The number of carbonyl (C=O) groups excluding carboxylic acids is 1. The molecule has 1 rings (SSSR count). The van der Waals surface area contributed by atoms with Crippen LogP contribution in [0.5, 0.6) is 0 Å². The summed E-state index contributed by atoms with van der Waals surface area (Å²) in [6.45, 7) is 4.59. The number of ketones is 1.